The molecule has 0 saturated carbocycles. The van der Waals surface area contributed by atoms with Gasteiger partial charge in [0, 0.05) is 22.5 Å². The summed E-state index contributed by atoms with van der Waals surface area (Å²) >= 11 is 5.92. The van der Waals surface area contributed by atoms with E-state index in [0.717, 1.165) is 0 Å². The molecular formula is C21H18ClN3O3. The Hall–Kier alpha value is -3.38. The van der Waals surface area contributed by atoms with Crippen LogP contribution >= 0.6 is 11.6 Å². The van der Waals surface area contributed by atoms with Gasteiger partial charge >= 0.3 is 0 Å². The molecule has 6 nitrogen and oxygen atoms in total. The second kappa shape index (κ2) is 9.01. The number of benzene rings is 2. The van der Waals surface area contributed by atoms with Gasteiger partial charge in [0.2, 0.25) is 0 Å². The molecule has 0 bridgehead atoms. The predicted octanol–water partition coefficient (Wildman–Crippen LogP) is 4.64. The number of carbonyl (C=O) groups excluding carboxylic acids is 2. The first-order chi connectivity index (χ1) is 13.6. The zero-order valence-corrected chi connectivity index (χ0v) is 15.9. The molecule has 142 valence electrons. The van der Waals surface area contributed by atoms with Crippen molar-refractivity contribution in [1.29, 1.82) is 0 Å². The monoisotopic (exact) mass is 395 g/mol. The number of halogens is 1. The minimum atomic E-state index is -0.438. The van der Waals surface area contributed by atoms with Crippen LogP contribution in [0.3, 0.4) is 0 Å². The molecule has 1 aromatic heterocycles. The highest BCUT2D eigenvalue weighted by Gasteiger charge is 2.14. The lowest BCUT2D eigenvalue weighted by Gasteiger charge is -2.11. The van der Waals surface area contributed by atoms with Gasteiger partial charge in [-0.25, -0.2) is 0 Å². The minimum absolute atomic E-state index is 0.116. The van der Waals surface area contributed by atoms with E-state index in [9.17, 15) is 9.59 Å². The summed E-state index contributed by atoms with van der Waals surface area (Å²) in [7, 11) is 0. The predicted molar refractivity (Wildman–Crippen MR) is 109 cm³/mol. The molecule has 0 fully saturated rings. The fourth-order valence-electron chi connectivity index (χ4n) is 2.50. The first kappa shape index (κ1) is 19.4. The van der Waals surface area contributed by atoms with Crippen LogP contribution in [-0.2, 0) is 0 Å². The van der Waals surface area contributed by atoms with Crippen LogP contribution < -0.4 is 15.4 Å². The Balaban J connectivity index is 1.75. The highest BCUT2D eigenvalue weighted by molar-refractivity contribution is 6.31. The molecule has 0 radical (unpaired) electrons. The molecule has 0 unspecified atom stereocenters. The third-order valence-corrected chi connectivity index (χ3v) is 4.01. The number of pyridine rings is 1. The van der Waals surface area contributed by atoms with Crippen LogP contribution in [0, 0.1) is 0 Å². The molecule has 0 spiro atoms. The molecule has 0 aliphatic carbocycles. The van der Waals surface area contributed by atoms with Gasteiger partial charge in [0.15, 0.2) is 0 Å². The maximum atomic E-state index is 12.6. The molecule has 0 aliphatic rings. The lowest BCUT2D eigenvalue weighted by Crippen LogP contribution is -2.17. The lowest BCUT2D eigenvalue weighted by molar-refractivity contribution is 0.102. The lowest BCUT2D eigenvalue weighted by atomic mass is 10.2. The van der Waals surface area contributed by atoms with Crippen LogP contribution in [0.4, 0.5) is 11.4 Å². The second-order valence-electron chi connectivity index (χ2n) is 5.78. The largest absolute Gasteiger partial charge is 0.492 e. The number of hydrogen-bond acceptors (Lipinski definition) is 4. The van der Waals surface area contributed by atoms with Crippen LogP contribution in [0.25, 0.3) is 0 Å². The molecule has 3 rings (SSSR count). The number of nitrogens with zero attached hydrogens (tertiary/aromatic N) is 1. The quantitative estimate of drug-likeness (QED) is 0.637. The molecule has 2 amide bonds. The van der Waals surface area contributed by atoms with Gasteiger partial charge < -0.3 is 15.4 Å². The Morgan fingerprint density at radius 2 is 1.82 bits per heavy atom. The van der Waals surface area contributed by atoms with Crippen LogP contribution in [0.5, 0.6) is 5.75 Å². The van der Waals surface area contributed by atoms with Crippen molar-refractivity contribution in [2.24, 2.45) is 0 Å². The van der Waals surface area contributed by atoms with Gasteiger partial charge in [-0.2, -0.15) is 0 Å². The number of rotatable bonds is 6. The molecule has 0 saturated heterocycles. The standard InChI is InChI=1S/C21H18ClN3O3/c1-2-28-19-9-4-3-8-17(19)25-20(26)14-10-11-23-18(12-14)21(27)24-16-7-5-6-15(22)13-16/h3-13H,2H2,1H3,(H,24,27)(H,25,26). The van der Waals surface area contributed by atoms with Gasteiger partial charge in [0.1, 0.15) is 11.4 Å². The van der Waals surface area contributed by atoms with Crippen molar-refractivity contribution in [1.82, 2.24) is 4.98 Å². The van der Waals surface area contributed by atoms with E-state index in [0.29, 0.717) is 34.3 Å². The van der Waals surface area contributed by atoms with Gasteiger partial charge in [-0.15, -0.1) is 0 Å². The summed E-state index contributed by atoms with van der Waals surface area (Å²) in [6.45, 7) is 2.35. The second-order valence-corrected chi connectivity index (χ2v) is 6.21. The van der Waals surface area contributed by atoms with E-state index in [1.54, 1.807) is 42.5 Å². The first-order valence-corrected chi connectivity index (χ1v) is 9.00. The number of aromatic nitrogens is 1. The van der Waals surface area contributed by atoms with Crippen LogP contribution in [0.2, 0.25) is 5.02 Å². The van der Waals surface area contributed by atoms with E-state index >= 15 is 0 Å². The normalized spacial score (nSPS) is 10.2. The smallest absolute Gasteiger partial charge is 0.274 e. The van der Waals surface area contributed by atoms with E-state index in [2.05, 4.69) is 15.6 Å². The van der Waals surface area contributed by atoms with Gasteiger partial charge in [-0.1, -0.05) is 29.8 Å². The zero-order chi connectivity index (χ0) is 19.9. The fourth-order valence-corrected chi connectivity index (χ4v) is 2.69. The van der Waals surface area contributed by atoms with Gasteiger partial charge in [-0.3, -0.25) is 14.6 Å². The Bertz CT molecular complexity index is 1010. The van der Waals surface area contributed by atoms with E-state index in [-0.39, 0.29) is 11.6 Å². The van der Waals surface area contributed by atoms with E-state index < -0.39 is 5.91 Å². The first-order valence-electron chi connectivity index (χ1n) is 8.63. The number of para-hydroxylation sites is 2. The zero-order valence-electron chi connectivity index (χ0n) is 15.1. The third-order valence-electron chi connectivity index (χ3n) is 3.77. The van der Waals surface area contributed by atoms with Gasteiger partial charge in [0.05, 0.1) is 12.3 Å². The van der Waals surface area contributed by atoms with E-state index in [1.165, 1.54) is 18.3 Å². The van der Waals surface area contributed by atoms with Crippen LogP contribution in [0.15, 0.2) is 66.9 Å². The Kier molecular flexibility index (Phi) is 6.24. The number of anilines is 2. The Morgan fingerprint density at radius 3 is 2.61 bits per heavy atom. The molecule has 2 aromatic carbocycles. The fraction of sp³-hybridized carbons (Fsp3) is 0.0952. The Labute approximate surface area is 167 Å². The van der Waals surface area contributed by atoms with E-state index in [4.69, 9.17) is 16.3 Å². The summed E-state index contributed by atoms with van der Waals surface area (Å²) in [5.74, 6) is -0.232. The molecule has 0 aliphatic heterocycles. The molecular weight excluding hydrogens is 378 g/mol. The topological polar surface area (TPSA) is 80.3 Å². The summed E-state index contributed by atoms with van der Waals surface area (Å²) in [6, 6.07) is 16.9. The highest BCUT2D eigenvalue weighted by Crippen LogP contribution is 2.24. The third kappa shape index (κ3) is 4.86. The van der Waals surface area contributed by atoms with Crippen molar-refractivity contribution in [3.05, 3.63) is 83.1 Å². The average Bonchev–Trinajstić information content (AvgIpc) is 2.70. The van der Waals surface area contributed by atoms with Crippen molar-refractivity contribution < 1.29 is 14.3 Å². The molecule has 2 N–H and O–H groups in total. The van der Waals surface area contributed by atoms with Crippen LogP contribution in [-0.4, -0.2) is 23.4 Å². The van der Waals surface area contributed by atoms with Crippen molar-refractivity contribution in [2.45, 2.75) is 6.92 Å². The van der Waals surface area contributed by atoms with Crippen molar-refractivity contribution in [3.63, 3.8) is 0 Å². The summed E-state index contributed by atoms with van der Waals surface area (Å²) < 4.78 is 5.51. The van der Waals surface area contributed by atoms with Gasteiger partial charge in [0.25, 0.3) is 11.8 Å². The number of ether oxygens (including phenoxy) is 1. The molecule has 1 heterocycles. The van der Waals surface area contributed by atoms with Crippen molar-refractivity contribution in [3.8, 4) is 5.75 Å². The summed E-state index contributed by atoms with van der Waals surface area (Å²) in [6.07, 6.45) is 1.41. The van der Waals surface area contributed by atoms with Crippen molar-refractivity contribution in [2.75, 3.05) is 17.2 Å². The number of hydrogen-bond donors (Lipinski definition) is 2. The number of nitrogens with one attached hydrogen (secondary N) is 2. The van der Waals surface area contributed by atoms with Crippen LogP contribution in [0.1, 0.15) is 27.8 Å². The van der Waals surface area contributed by atoms with Gasteiger partial charge in [-0.05, 0) is 49.4 Å². The van der Waals surface area contributed by atoms with Crippen molar-refractivity contribution >= 4 is 34.8 Å². The number of amides is 2. The summed E-state index contributed by atoms with van der Waals surface area (Å²) in [5.41, 5.74) is 1.51. The highest BCUT2D eigenvalue weighted by atomic mass is 35.5. The molecule has 7 heteroatoms. The molecule has 0 atom stereocenters. The maximum Gasteiger partial charge on any atom is 0.274 e. The Morgan fingerprint density at radius 1 is 1.00 bits per heavy atom. The summed E-state index contributed by atoms with van der Waals surface area (Å²) in [5, 5.41) is 6.00. The maximum absolute atomic E-state index is 12.6. The number of carbonyl (C=O) groups is 2. The summed E-state index contributed by atoms with van der Waals surface area (Å²) in [4.78, 5) is 29.1. The van der Waals surface area contributed by atoms with E-state index in [1.807, 2.05) is 13.0 Å². The average molecular weight is 396 g/mol. The molecule has 28 heavy (non-hydrogen) atoms. The minimum Gasteiger partial charge on any atom is -0.492 e. The SMILES string of the molecule is CCOc1ccccc1NC(=O)c1ccnc(C(=O)Nc2cccc(Cl)c2)c1. The molecule has 3 aromatic rings.